The molecule has 0 radical (unpaired) electrons. The normalized spacial score (nSPS) is 13.5. The molecule has 0 spiro atoms. The van der Waals surface area contributed by atoms with E-state index in [0.29, 0.717) is 5.56 Å². The lowest BCUT2D eigenvalue weighted by atomic mass is 10.0. The van der Waals surface area contributed by atoms with Gasteiger partial charge in [0.05, 0.1) is 6.61 Å². The van der Waals surface area contributed by atoms with Crippen molar-refractivity contribution in [2.75, 3.05) is 6.61 Å². The Morgan fingerprint density at radius 1 is 1.20 bits per heavy atom. The highest BCUT2D eigenvalue weighted by molar-refractivity contribution is 5.95. The Hall–Kier alpha value is -2.13. The van der Waals surface area contributed by atoms with Crippen LogP contribution in [0.1, 0.15) is 28.4 Å². The first-order chi connectivity index (χ1) is 9.69. The van der Waals surface area contributed by atoms with Crippen LogP contribution in [0.3, 0.4) is 0 Å². The van der Waals surface area contributed by atoms with Crippen molar-refractivity contribution in [3.63, 3.8) is 0 Å². The molecule has 0 fully saturated rings. The van der Waals surface area contributed by atoms with Gasteiger partial charge in [-0.1, -0.05) is 30.3 Å². The average Bonchev–Trinajstić information content (AvgIpc) is 2.84. The monoisotopic (exact) mass is 267 g/mol. The first kappa shape index (κ1) is 12.9. The molecule has 0 saturated carbocycles. The van der Waals surface area contributed by atoms with Crippen LogP contribution in [0.25, 0.3) is 11.1 Å². The van der Waals surface area contributed by atoms with Crippen molar-refractivity contribution in [1.29, 1.82) is 0 Å². The number of carbonyl (C=O) groups is 1. The number of aliphatic hydroxyl groups excluding tert-OH is 1. The molecule has 0 aliphatic heterocycles. The summed E-state index contributed by atoms with van der Waals surface area (Å²) in [5.74, 6) is -0.134. The molecule has 0 aromatic heterocycles. The number of hydrogen-bond acceptors (Lipinski definition) is 2. The molecule has 3 heteroatoms. The van der Waals surface area contributed by atoms with Crippen LogP contribution in [0, 0.1) is 0 Å². The molecule has 0 saturated heterocycles. The smallest absolute Gasteiger partial charge is 0.251 e. The fourth-order valence-corrected chi connectivity index (χ4v) is 2.64. The number of benzene rings is 2. The van der Waals surface area contributed by atoms with Gasteiger partial charge in [-0.05, 0) is 47.7 Å². The van der Waals surface area contributed by atoms with Gasteiger partial charge in [0.2, 0.25) is 0 Å². The van der Waals surface area contributed by atoms with Crippen molar-refractivity contribution in [3.8, 4) is 11.1 Å². The van der Waals surface area contributed by atoms with Crippen LogP contribution in [0.15, 0.2) is 42.5 Å². The van der Waals surface area contributed by atoms with Crippen molar-refractivity contribution in [2.24, 2.45) is 0 Å². The molecule has 1 aliphatic rings. The van der Waals surface area contributed by atoms with E-state index in [2.05, 4.69) is 17.4 Å². The Balaban J connectivity index is 1.89. The van der Waals surface area contributed by atoms with Crippen molar-refractivity contribution < 1.29 is 9.90 Å². The fourth-order valence-electron chi connectivity index (χ4n) is 2.64. The minimum Gasteiger partial charge on any atom is -0.394 e. The summed E-state index contributed by atoms with van der Waals surface area (Å²) in [5, 5.41) is 11.8. The molecule has 20 heavy (non-hydrogen) atoms. The van der Waals surface area contributed by atoms with Gasteiger partial charge >= 0.3 is 0 Å². The van der Waals surface area contributed by atoms with Crippen LogP contribution in [0.2, 0.25) is 0 Å². The van der Waals surface area contributed by atoms with Gasteiger partial charge in [-0.15, -0.1) is 0 Å². The third-order valence-electron chi connectivity index (χ3n) is 3.71. The largest absolute Gasteiger partial charge is 0.394 e. The predicted molar refractivity (Wildman–Crippen MR) is 78.7 cm³/mol. The van der Waals surface area contributed by atoms with E-state index in [1.807, 2.05) is 30.3 Å². The fraction of sp³-hybridized carbons (Fsp3) is 0.235. The number of carbonyl (C=O) groups excluding carboxylic acids is 1. The molecule has 2 aromatic carbocycles. The van der Waals surface area contributed by atoms with Crippen LogP contribution < -0.4 is 5.32 Å². The van der Waals surface area contributed by atoms with Gasteiger partial charge in [-0.2, -0.15) is 0 Å². The Labute approximate surface area is 118 Å². The summed E-state index contributed by atoms with van der Waals surface area (Å²) in [6.07, 6.45) is 0.877. The number of nitrogens with one attached hydrogen (secondary N) is 1. The van der Waals surface area contributed by atoms with E-state index in [0.717, 1.165) is 6.42 Å². The second kappa shape index (κ2) is 5.10. The zero-order valence-electron chi connectivity index (χ0n) is 11.4. The Morgan fingerprint density at radius 2 is 1.95 bits per heavy atom. The van der Waals surface area contributed by atoms with Crippen molar-refractivity contribution in [2.45, 2.75) is 19.4 Å². The maximum absolute atomic E-state index is 12.1. The van der Waals surface area contributed by atoms with E-state index in [1.165, 1.54) is 22.3 Å². The molecule has 0 bridgehead atoms. The van der Waals surface area contributed by atoms with E-state index >= 15 is 0 Å². The molecule has 1 aliphatic carbocycles. The Bertz CT molecular complexity index is 664. The Morgan fingerprint density at radius 3 is 2.75 bits per heavy atom. The van der Waals surface area contributed by atoms with E-state index in [9.17, 15) is 4.79 Å². The van der Waals surface area contributed by atoms with E-state index in [-0.39, 0.29) is 18.6 Å². The van der Waals surface area contributed by atoms with Gasteiger partial charge in [-0.3, -0.25) is 4.79 Å². The zero-order chi connectivity index (χ0) is 14.1. The lowest BCUT2D eigenvalue weighted by Gasteiger charge is -2.11. The predicted octanol–water partition coefficient (Wildman–Crippen LogP) is 2.37. The minimum absolute atomic E-state index is 0.0535. The van der Waals surface area contributed by atoms with E-state index < -0.39 is 0 Å². The van der Waals surface area contributed by atoms with Crippen LogP contribution in [0.5, 0.6) is 0 Å². The number of aliphatic hydroxyl groups is 1. The molecular formula is C17H17NO2. The zero-order valence-corrected chi connectivity index (χ0v) is 11.4. The lowest BCUT2D eigenvalue weighted by Crippen LogP contribution is -2.35. The molecule has 0 heterocycles. The number of amides is 1. The second-order valence-electron chi connectivity index (χ2n) is 5.26. The van der Waals surface area contributed by atoms with E-state index in [4.69, 9.17) is 5.11 Å². The van der Waals surface area contributed by atoms with Crippen molar-refractivity contribution in [3.05, 3.63) is 59.2 Å². The summed E-state index contributed by atoms with van der Waals surface area (Å²) in [5.41, 5.74) is 5.63. The minimum atomic E-state index is -0.229. The third-order valence-corrected chi connectivity index (χ3v) is 3.71. The highest BCUT2D eigenvalue weighted by Gasteiger charge is 2.19. The van der Waals surface area contributed by atoms with Gasteiger partial charge in [-0.25, -0.2) is 0 Å². The van der Waals surface area contributed by atoms with Gasteiger partial charge in [0.15, 0.2) is 0 Å². The number of rotatable bonds is 3. The SMILES string of the molecule is CC(CO)NC(=O)c1ccc2c(c1)Cc1ccccc1-2. The maximum Gasteiger partial charge on any atom is 0.251 e. The van der Waals surface area contributed by atoms with Gasteiger partial charge in [0.25, 0.3) is 5.91 Å². The highest BCUT2D eigenvalue weighted by atomic mass is 16.3. The second-order valence-corrected chi connectivity index (χ2v) is 5.26. The Kier molecular flexibility index (Phi) is 3.28. The average molecular weight is 267 g/mol. The summed E-state index contributed by atoms with van der Waals surface area (Å²) in [6.45, 7) is 1.73. The summed E-state index contributed by atoms with van der Waals surface area (Å²) in [6, 6.07) is 13.9. The molecule has 3 nitrogen and oxygen atoms in total. The maximum atomic E-state index is 12.1. The standard InChI is InChI=1S/C17H17NO2/c1-11(10-19)18-17(20)13-6-7-16-14(9-13)8-12-4-2-3-5-15(12)16/h2-7,9,11,19H,8,10H2,1H3,(H,18,20). The van der Waals surface area contributed by atoms with Crippen molar-refractivity contribution in [1.82, 2.24) is 5.32 Å². The topological polar surface area (TPSA) is 49.3 Å². The third kappa shape index (κ3) is 2.21. The lowest BCUT2D eigenvalue weighted by molar-refractivity contribution is 0.0922. The summed E-state index contributed by atoms with van der Waals surface area (Å²) in [4.78, 5) is 12.1. The summed E-state index contributed by atoms with van der Waals surface area (Å²) in [7, 11) is 0. The molecule has 2 N–H and O–H groups in total. The molecule has 1 amide bonds. The van der Waals surface area contributed by atoms with Gasteiger partial charge in [0, 0.05) is 11.6 Å². The molecule has 1 unspecified atom stereocenters. The van der Waals surface area contributed by atoms with Crippen LogP contribution in [-0.2, 0) is 6.42 Å². The number of fused-ring (bicyclic) bond motifs is 3. The first-order valence-electron chi connectivity index (χ1n) is 6.82. The molecule has 3 rings (SSSR count). The van der Waals surface area contributed by atoms with Crippen LogP contribution >= 0.6 is 0 Å². The van der Waals surface area contributed by atoms with Crippen LogP contribution in [0.4, 0.5) is 0 Å². The molecule has 102 valence electrons. The van der Waals surface area contributed by atoms with Crippen molar-refractivity contribution >= 4 is 5.91 Å². The van der Waals surface area contributed by atoms with Gasteiger partial charge in [0.1, 0.15) is 0 Å². The first-order valence-corrected chi connectivity index (χ1v) is 6.82. The quantitative estimate of drug-likeness (QED) is 0.765. The van der Waals surface area contributed by atoms with Crippen LogP contribution in [-0.4, -0.2) is 23.7 Å². The molecule has 1 atom stereocenters. The summed E-state index contributed by atoms with van der Waals surface area (Å²) >= 11 is 0. The summed E-state index contributed by atoms with van der Waals surface area (Å²) < 4.78 is 0. The highest BCUT2D eigenvalue weighted by Crippen LogP contribution is 2.36. The molecule has 2 aromatic rings. The molecular weight excluding hydrogens is 250 g/mol. The van der Waals surface area contributed by atoms with E-state index in [1.54, 1.807) is 6.92 Å². The van der Waals surface area contributed by atoms with Gasteiger partial charge < -0.3 is 10.4 Å². The number of hydrogen-bond donors (Lipinski definition) is 2.